The molecule has 0 amide bonds. The van der Waals surface area contributed by atoms with Crippen LogP contribution < -0.4 is 0 Å². The maximum atomic E-state index is 12.6. The van der Waals surface area contributed by atoms with E-state index >= 15 is 0 Å². The van der Waals surface area contributed by atoms with Crippen LogP contribution in [0.3, 0.4) is 0 Å². The summed E-state index contributed by atoms with van der Waals surface area (Å²) in [6.45, 7) is 0.469. The van der Waals surface area contributed by atoms with E-state index in [-0.39, 0.29) is 10.6 Å². The van der Waals surface area contributed by atoms with Crippen molar-refractivity contribution in [3.63, 3.8) is 0 Å². The van der Waals surface area contributed by atoms with Gasteiger partial charge in [0.15, 0.2) is 9.84 Å². The van der Waals surface area contributed by atoms with Crippen molar-refractivity contribution < 1.29 is 18.3 Å². The predicted octanol–water partition coefficient (Wildman–Crippen LogP) is 4.69. The quantitative estimate of drug-likeness (QED) is 0.511. The normalized spacial score (nSPS) is 16.8. The SMILES string of the molecule is CN1C(c2ccc(S(C)(=O)=O)cc2)C(c2ccc(Cl)cc2)=C(C(=O)O)N1CCc1ccccc1. The monoisotopic (exact) mass is 496 g/mol. The molecule has 0 saturated carbocycles. The van der Waals surface area contributed by atoms with E-state index in [2.05, 4.69) is 0 Å². The molecule has 8 heteroatoms. The Morgan fingerprint density at radius 2 is 1.59 bits per heavy atom. The molecule has 0 saturated heterocycles. The molecule has 0 aromatic heterocycles. The zero-order valence-corrected chi connectivity index (χ0v) is 20.4. The molecule has 1 N–H and O–H groups in total. The van der Waals surface area contributed by atoms with Crippen LogP contribution in [0.5, 0.6) is 0 Å². The largest absolute Gasteiger partial charge is 0.477 e. The lowest BCUT2D eigenvalue weighted by atomic mass is 9.92. The number of nitrogens with zero attached hydrogens (tertiary/aromatic N) is 2. The first-order chi connectivity index (χ1) is 16.2. The molecule has 176 valence electrons. The zero-order valence-electron chi connectivity index (χ0n) is 18.8. The summed E-state index contributed by atoms with van der Waals surface area (Å²) >= 11 is 6.10. The molecule has 1 aliphatic heterocycles. The number of likely N-dealkylation sites (N-methyl/N-ethyl adjacent to an activating group) is 1. The van der Waals surface area contributed by atoms with Crippen molar-refractivity contribution >= 4 is 33.0 Å². The second-order valence-electron chi connectivity index (χ2n) is 8.25. The van der Waals surface area contributed by atoms with Crippen LogP contribution in [-0.4, -0.2) is 49.4 Å². The molecular weight excluding hydrogens is 472 g/mol. The minimum Gasteiger partial charge on any atom is -0.477 e. The first-order valence-corrected chi connectivity index (χ1v) is 13.0. The van der Waals surface area contributed by atoms with Crippen LogP contribution in [0.4, 0.5) is 0 Å². The van der Waals surface area contributed by atoms with Gasteiger partial charge in [-0.25, -0.2) is 18.2 Å². The maximum Gasteiger partial charge on any atom is 0.353 e. The highest BCUT2D eigenvalue weighted by atomic mass is 35.5. The van der Waals surface area contributed by atoms with Gasteiger partial charge in [0.25, 0.3) is 0 Å². The fourth-order valence-electron chi connectivity index (χ4n) is 4.33. The number of hydrogen-bond acceptors (Lipinski definition) is 5. The summed E-state index contributed by atoms with van der Waals surface area (Å²) in [4.78, 5) is 12.8. The molecular formula is C26H25ClN2O4S. The Hall–Kier alpha value is -3.13. The Labute approximate surface area is 204 Å². The molecule has 34 heavy (non-hydrogen) atoms. The summed E-state index contributed by atoms with van der Waals surface area (Å²) in [6, 6.07) is 23.2. The fourth-order valence-corrected chi connectivity index (χ4v) is 5.09. The molecule has 0 radical (unpaired) electrons. The van der Waals surface area contributed by atoms with Gasteiger partial charge < -0.3 is 5.11 Å². The highest BCUT2D eigenvalue weighted by Crippen LogP contribution is 2.45. The molecule has 1 atom stereocenters. The van der Waals surface area contributed by atoms with E-state index in [4.69, 9.17) is 11.6 Å². The number of hydrogen-bond donors (Lipinski definition) is 1. The van der Waals surface area contributed by atoms with Crippen molar-refractivity contribution in [2.24, 2.45) is 0 Å². The maximum absolute atomic E-state index is 12.6. The van der Waals surface area contributed by atoms with Gasteiger partial charge in [-0.05, 0) is 47.4 Å². The number of carbonyl (C=O) groups is 1. The first-order valence-electron chi connectivity index (χ1n) is 10.7. The molecule has 1 aliphatic rings. The van der Waals surface area contributed by atoms with E-state index in [0.717, 1.165) is 22.9 Å². The summed E-state index contributed by atoms with van der Waals surface area (Å²) in [7, 11) is -1.49. The Balaban J connectivity index is 1.81. The van der Waals surface area contributed by atoms with E-state index in [1.807, 2.05) is 54.5 Å². The number of aliphatic carboxylic acids is 1. The molecule has 1 unspecified atom stereocenters. The smallest absolute Gasteiger partial charge is 0.353 e. The summed E-state index contributed by atoms with van der Waals surface area (Å²) < 4.78 is 23.9. The Morgan fingerprint density at radius 1 is 0.971 bits per heavy atom. The van der Waals surface area contributed by atoms with Crippen molar-refractivity contribution in [1.29, 1.82) is 0 Å². The number of sulfone groups is 1. The third-order valence-electron chi connectivity index (χ3n) is 5.98. The first kappa shape index (κ1) is 24.0. The van der Waals surface area contributed by atoms with Crippen molar-refractivity contribution in [3.8, 4) is 0 Å². The van der Waals surface area contributed by atoms with Crippen molar-refractivity contribution in [2.45, 2.75) is 17.4 Å². The zero-order chi connectivity index (χ0) is 24.5. The molecule has 3 aromatic carbocycles. The third-order valence-corrected chi connectivity index (χ3v) is 7.36. The van der Waals surface area contributed by atoms with Gasteiger partial charge in [0.1, 0.15) is 5.70 Å². The number of rotatable bonds is 7. The van der Waals surface area contributed by atoms with Crippen LogP contribution in [-0.2, 0) is 21.1 Å². The number of carboxylic acids is 1. The van der Waals surface area contributed by atoms with Crippen LogP contribution >= 0.6 is 11.6 Å². The van der Waals surface area contributed by atoms with Gasteiger partial charge in [0.2, 0.25) is 0 Å². The number of halogens is 1. The van der Waals surface area contributed by atoms with Crippen molar-refractivity contribution in [2.75, 3.05) is 19.8 Å². The van der Waals surface area contributed by atoms with Gasteiger partial charge in [0, 0.05) is 30.4 Å². The van der Waals surface area contributed by atoms with Crippen LogP contribution in [0.2, 0.25) is 5.02 Å². The lowest BCUT2D eigenvalue weighted by Gasteiger charge is -2.32. The summed E-state index contributed by atoms with van der Waals surface area (Å²) in [5, 5.41) is 14.5. The van der Waals surface area contributed by atoms with Gasteiger partial charge in [-0.15, -0.1) is 0 Å². The molecule has 0 bridgehead atoms. The minimum absolute atomic E-state index is 0.193. The highest BCUT2D eigenvalue weighted by molar-refractivity contribution is 7.90. The Kier molecular flexibility index (Phi) is 6.79. The molecule has 0 spiro atoms. The number of benzene rings is 3. The topological polar surface area (TPSA) is 77.9 Å². The predicted molar refractivity (Wildman–Crippen MR) is 133 cm³/mol. The van der Waals surface area contributed by atoms with Crippen LogP contribution in [0, 0.1) is 0 Å². The molecule has 3 aromatic rings. The van der Waals surface area contributed by atoms with Gasteiger partial charge in [-0.1, -0.05) is 66.2 Å². The summed E-state index contributed by atoms with van der Waals surface area (Å²) in [5.41, 5.74) is 3.47. The third kappa shape index (κ3) is 4.87. The van der Waals surface area contributed by atoms with Gasteiger partial charge >= 0.3 is 5.97 Å². The minimum atomic E-state index is -3.35. The van der Waals surface area contributed by atoms with E-state index < -0.39 is 21.8 Å². The molecule has 4 rings (SSSR count). The lowest BCUT2D eigenvalue weighted by molar-refractivity contribution is -0.136. The Morgan fingerprint density at radius 3 is 2.15 bits per heavy atom. The highest BCUT2D eigenvalue weighted by Gasteiger charge is 2.41. The van der Waals surface area contributed by atoms with Crippen molar-refractivity contribution in [3.05, 3.63) is 106 Å². The van der Waals surface area contributed by atoms with E-state index in [1.165, 1.54) is 0 Å². The van der Waals surface area contributed by atoms with E-state index in [9.17, 15) is 18.3 Å². The Bertz CT molecular complexity index is 1320. The standard InChI is InChI=1S/C26H25ClN2O4S/c1-28-24(20-10-14-22(15-11-20)34(2,32)33)23(19-8-12-21(27)13-9-19)25(26(30)31)29(28)17-16-18-6-4-3-5-7-18/h3-15,24H,16-17H2,1-2H3,(H,30,31). The van der Waals surface area contributed by atoms with Gasteiger partial charge in [0.05, 0.1) is 10.9 Å². The number of hydrazine groups is 1. The van der Waals surface area contributed by atoms with Crippen LogP contribution in [0.25, 0.3) is 5.57 Å². The van der Waals surface area contributed by atoms with Crippen LogP contribution in [0.1, 0.15) is 22.7 Å². The molecule has 0 aliphatic carbocycles. The molecule has 1 heterocycles. The van der Waals surface area contributed by atoms with E-state index in [1.54, 1.807) is 41.4 Å². The summed E-state index contributed by atoms with van der Waals surface area (Å²) in [6.07, 6.45) is 1.83. The fraction of sp³-hybridized carbons (Fsp3) is 0.192. The van der Waals surface area contributed by atoms with Crippen molar-refractivity contribution in [1.82, 2.24) is 10.0 Å². The van der Waals surface area contributed by atoms with Gasteiger partial charge in [-0.2, -0.15) is 0 Å². The number of carboxylic acid groups (broad SMARTS) is 1. The summed E-state index contributed by atoms with van der Waals surface area (Å²) in [5.74, 6) is -1.03. The second-order valence-corrected chi connectivity index (χ2v) is 10.7. The van der Waals surface area contributed by atoms with E-state index in [0.29, 0.717) is 23.6 Å². The van der Waals surface area contributed by atoms with Crippen LogP contribution in [0.15, 0.2) is 89.5 Å². The average molecular weight is 497 g/mol. The average Bonchev–Trinajstić information content (AvgIpc) is 3.10. The van der Waals surface area contributed by atoms with Gasteiger partial charge in [-0.3, -0.25) is 5.01 Å². The molecule has 0 fully saturated rings. The second kappa shape index (κ2) is 9.62. The molecule has 6 nitrogen and oxygen atoms in total. The lowest BCUT2D eigenvalue weighted by Crippen LogP contribution is -2.39.